The Morgan fingerprint density at radius 2 is 1.78 bits per heavy atom. The van der Waals surface area contributed by atoms with E-state index in [1.807, 2.05) is 19.1 Å². The zero-order valence-electron chi connectivity index (χ0n) is 14.7. The summed E-state index contributed by atoms with van der Waals surface area (Å²) in [5, 5.41) is 0.615. The van der Waals surface area contributed by atoms with Crippen LogP contribution in [0.4, 0.5) is 0 Å². The van der Waals surface area contributed by atoms with Crippen molar-refractivity contribution >= 4 is 22.8 Å². The first-order valence-corrected chi connectivity index (χ1v) is 8.33. The molecule has 0 bridgehead atoms. The van der Waals surface area contributed by atoms with Crippen molar-refractivity contribution in [1.29, 1.82) is 0 Å². The van der Waals surface area contributed by atoms with Crippen LogP contribution in [0, 0.1) is 6.92 Å². The summed E-state index contributed by atoms with van der Waals surface area (Å²) in [4.78, 5) is 36.6. The molecule has 0 saturated carbocycles. The number of carbonyl (C=O) groups is 2. The number of rotatable bonds is 4. The van der Waals surface area contributed by atoms with Gasteiger partial charge in [-0.1, -0.05) is 42.0 Å². The van der Waals surface area contributed by atoms with Crippen molar-refractivity contribution in [2.75, 3.05) is 0 Å². The lowest BCUT2D eigenvalue weighted by atomic mass is 10.1. The van der Waals surface area contributed by atoms with Gasteiger partial charge in [0.25, 0.3) is 11.8 Å². The number of hydrogen-bond donors (Lipinski definition) is 2. The lowest BCUT2D eigenvalue weighted by Gasteiger charge is -2.08. The van der Waals surface area contributed by atoms with Gasteiger partial charge in [-0.3, -0.25) is 20.4 Å². The number of hydrogen-bond acceptors (Lipinski definition) is 4. The standard InChI is InChI=1S/C21H18N2O4/c1-3-5-14-6-4-7-16-12-17(21(26)27-18(14)16)20(25)23-22-19(24)15-10-8-13(2)9-11-15/h3-4,6-12H,1,5H2,2H3,(H,22,24)(H,23,25). The SMILES string of the molecule is C=CCc1cccc2cc(C(=O)NNC(=O)c3ccc(C)cc3)c(=O)oc12. The van der Waals surface area contributed by atoms with Crippen LogP contribution in [0.25, 0.3) is 11.0 Å². The average Bonchev–Trinajstić information content (AvgIpc) is 2.66. The number of hydrazine groups is 1. The highest BCUT2D eigenvalue weighted by Gasteiger charge is 2.16. The maximum Gasteiger partial charge on any atom is 0.349 e. The fourth-order valence-electron chi connectivity index (χ4n) is 2.64. The van der Waals surface area contributed by atoms with E-state index in [1.165, 1.54) is 6.07 Å². The van der Waals surface area contributed by atoms with Gasteiger partial charge in [-0.2, -0.15) is 0 Å². The molecule has 6 heteroatoms. The van der Waals surface area contributed by atoms with Crippen molar-refractivity contribution in [2.24, 2.45) is 0 Å². The molecule has 2 aromatic carbocycles. The molecule has 0 saturated heterocycles. The first-order chi connectivity index (χ1) is 13.0. The number of amides is 2. The van der Waals surface area contributed by atoms with Crippen LogP contribution >= 0.6 is 0 Å². The molecule has 2 N–H and O–H groups in total. The average molecular weight is 362 g/mol. The minimum Gasteiger partial charge on any atom is -0.422 e. The van der Waals surface area contributed by atoms with Crippen molar-refractivity contribution in [3.05, 3.63) is 93.9 Å². The van der Waals surface area contributed by atoms with E-state index < -0.39 is 17.4 Å². The van der Waals surface area contributed by atoms with E-state index in [0.717, 1.165) is 11.1 Å². The predicted octanol–water partition coefficient (Wildman–Crippen LogP) is 2.90. The van der Waals surface area contributed by atoms with E-state index in [4.69, 9.17) is 4.42 Å². The fourth-order valence-corrected chi connectivity index (χ4v) is 2.64. The minimum absolute atomic E-state index is 0.192. The molecule has 0 unspecified atom stereocenters. The molecule has 6 nitrogen and oxygen atoms in total. The molecule has 3 aromatic rings. The van der Waals surface area contributed by atoms with Crippen LogP contribution in [0.15, 0.2) is 70.4 Å². The first kappa shape index (κ1) is 18.1. The Bertz CT molecular complexity index is 1080. The third-order valence-electron chi connectivity index (χ3n) is 4.05. The lowest BCUT2D eigenvalue weighted by molar-refractivity contribution is 0.0844. The molecule has 136 valence electrons. The smallest absolute Gasteiger partial charge is 0.349 e. The number of para-hydroxylation sites is 1. The molecule has 0 aliphatic heterocycles. The number of nitrogens with one attached hydrogen (secondary N) is 2. The Hall–Kier alpha value is -3.67. The summed E-state index contributed by atoms with van der Waals surface area (Å²) in [5.41, 5.74) is 6.19. The van der Waals surface area contributed by atoms with Gasteiger partial charge in [0.2, 0.25) is 0 Å². The van der Waals surface area contributed by atoms with Gasteiger partial charge in [0.15, 0.2) is 0 Å². The Morgan fingerprint density at radius 3 is 2.48 bits per heavy atom. The molecule has 0 radical (unpaired) electrons. The Kier molecular flexibility index (Phi) is 5.17. The lowest BCUT2D eigenvalue weighted by Crippen LogP contribution is -2.43. The zero-order chi connectivity index (χ0) is 19.4. The number of fused-ring (bicyclic) bond motifs is 1. The van der Waals surface area contributed by atoms with Crippen LogP contribution in [0.3, 0.4) is 0 Å². The van der Waals surface area contributed by atoms with Gasteiger partial charge in [0.05, 0.1) is 0 Å². The second-order valence-corrected chi connectivity index (χ2v) is 6.05. The van der Waals surface area contributed by atoms with Crippen molar-refractivity contribution < 1.29 is 14.0 Å². The minimum atomic E-state index is -0.777. The topological polar surface area (TPSA) is 88.4 Å². The molecular formula is C21H18N2O4. The van der Waals surface area contributed by atoms with E-state index in [9.17, 15) is 14.4 Å². The van der Waals surface area contributed by atoms with Gasteiger partial charge in [0.1, 0.15) is 11.1 Å². The van der Waals surface area contributed by atoms with Gasteiger partial charge in [0, 0.05) is 10.9 Å². The fraction of sp³-hybridized carbons (Fsp3) is 0.0952. The molecule has 0 spiro atoms. The van der Waals surface area contributed by atoms with Gasteiger partial charge < -0.3 is 4.42 Å². The molecular weight excluding hydrogens is 344 g/mol. The molecule has 1 aromatic heterocycles. The molecule has 27 heavy (non-hydrogen) atoms. The molecule has 3 rings (SSSR count). The quantitative estimate of drug-likeness (QED) is 0.424. The third kappa shape index (κ3) is 3.95. The van der Waals surface area contributed by atoms with E-state index in [2.05, 4.69) is 17.4 Å². The maximum atomic E-state index is 12.3. The highest BCUT2D eigenvalue weighted by molar-refractivity contribution is 6.00. The molecule has 0 aliphatic carbocycles. The summed E-state index contributed by atoms with van der Waals surface area (Å²) >= 11 is 0. The van der Waals surface area contributed by atoms with Gasteiger partial charge in [-0.05, 0) is 37.1 Å². The van der Waals surface area contributed by atoms with Gasteiger partial charge >= 0.3 is 5.63 Å². The summed E-state index contributed by atoms with van der Waals surface area (Å²) < 4.78 is 5.33. The van der Waals surface area contributed by atoms with Crippen LogP contribution in [0.5, 0.6) is 0 Å². The van der Waals surface area contributed by atoms with Crippen molar-refractivity contribution in [3.63, 3.8) is 0 Å². The summed E-state index contributed by atoms with van der Waals surface area (Å²) in [6, 6.07) is 13.7. The predicted molar refractivity (Wildman–Crippen MR) is 102 cm³/mol. The molecule has 1 heterocycles. The largest absolute Gasteiger partial charge is 0.422 e. The number of allylic oxidation sites excluding steroid dienone is 1. The second-order valence-electron chi connectivity index (χ2n) is 6.05. The van der Waals surface area contributed by atoms with Crippen LogP contribution in [0.1, 0.15) is 31.8 Å². The Balaban J connectivity index is 1.80. The molecule has 0 fully saturated rings. The number of carbonyl (C=O) groups excluding carboxylic acids is 2. The van der Waals surface area contributed by atoms with Crippen LogP contribution in [0.2, 0.25) is 0 Å². The van der Waals surface area contributed by atoms with Crippen molar-refractivity contribution in [2.45, 2.75) is 13.3 Å². The van der Waals surface area contributed by atoms with E-state index >= 15 is 0 Å². The summed E-state index contributed by atoms with van der Waals surface area (Å²) in [6.45, 7) is 5.58. The Morgan fingerprint density at radius 1 is 1.07 bits per heavy atom. The second kappa shape index (κ2) is 7.70. The van der Waals surface area contributed by atoms with Crippen LogP contribution < -0.4 is 16.5 Å². The van der Waals surface area contributed by atoms with E-state index in [1.54, 1.807) is 36.4 Å². The summed E-state index contributed by atoms with van der Waals surface area (Å²) in [5.74, 6) is -1.23. The number of benzene rings is 2. The van der Waals surface area contributed by atoms with Crippen molar-refractivity contribution in [1.82, 2.24) is 10.9 Å². The van der Waals surface area contributed by atoms with E-state index in [0.29, 0.717) is 23.0 Å². The highest BCUT2D eigenvalue weighted by Crippen LogP contribution is 2.19. The monoisotopic (exact) mass is 362 g/mol. The Labute approximate surface area is 155 Å². The molecule has 0 aliphatic rings. The summed E-state index contributed by atoms with van der Waals surface area (Å²) in [7, 11) is 0. The van der Waals surface area contributed by atoms with Gasteiger partial charge in [-0.25, -0.2) is 4.79 Å². The van der Waals surface area contributed by atoms with Gasteiger partial charge in [-0.15, -0.1) is 6.58 Å². The zero-order valence-corrected chi connectivity index (χ0v) is 14.7. The highest BCUT2D eigenvalue weighted by atomic mass is 16.4. The molecule has 2 amide bonds. The number of aryl methyl sites for hydroxylation is 1. The van der Waals surface area contributed by atoms with Crippen molar-refractivity contribution in [3.8, 4) is 0 Å². The van der Waals surface area contributed by atoms with E-state index in [-0.39, 0.29) is 5.56 Å². The third-order valence-corrected chi connectivity index (χ3v) is 4.05. The van der Waals surface area contributed by atoms with Crippen LogP contribution in [-0.4, -0.2) is 11.8 Å². The molecule has 0 atom stereocenters. The first-order valence-electron chi connectivity index (χ1n) is 8.33. The van der Waals surface area contributed by atoms with Crippen LogP contribution in [-0.2, 0) is 6.42 Å². The normalized spacial score (nSPS) is 10.4. The maximum absolute atomic E-state index is 12.3. The summed E-state index contributed by atoms with van der Waals surface area (Å²) in [6.07, 6.45) is 2.24.